The third-order valence-electron chi connectivity index (χ3n) is 0.989. The second-order valence-electron chi connectivity index (χ2n) is 1.90. The van der Waals surface area contributed by atoms with E-state index in [-0.39, 0.29) is 0 Å². The first-order valence-electron chi connectivity index (χ1n) is 3.34. The molecule has 56 valence electrons. The summed E-state index contributed by atoms with van der Waals surface area (Å²) in [5, 5.41) is 2.89. The minimum Gasteiger partial charge on any atom is -0.366 e. The molecule has 0 aliphatic heterocycles. The van der Waals surface area contributed by atoms with E-state index in [9.17, 15) is 0 Å². The summed E-state index contributed by atoms with van der Waals surface area (Å²) >= 11 is 0. The molecule has 0 aliphatic rings. The van der Waals surface area contributed by atoms with Crippen molar-refractivity contribution in [2.75, 3.05) is 26.9 Å². The Bertz CT molecular complexity index is 44.3. The average Bonchev–Trinajstić information content (AvgIpc) is 1.89. The SMILES string of the molecule is CNCOCCCCN. The van der Waals surface area contributed by atoms with Crippen molar-refractivity contribution in [3.05, 3.63) is 0 Å². The minimum atomic E-state index is 0.643. The van der Waals surface area contributed by atoms with E-state index in [0.29, 0.717) is 6.73 Å². The summed E-state index contributed by atoms with van der Waals surface area (Å²) in [5.74, 6) is 0. The molecule has 0 saturated heterocycles. The van der Waals surface area contributed by atoms with Crippen molar-refractivity contribution in [1.82, 2.24) is 5.32 Å². The molecule has 3 heteroatoms. The summed E-state index contributed by atoms with van der Waals surface area (Å²) in [5.41, 5.74) is 5.27. The summed E-state index contributed by atoms with van der Waals surface area (Å²) < 4.78 is 5.12. The van der Waals surface area contributed by atoms with Crippen LogP contribution < -0.4 is 11.1 Å². The Kier molecular flexibility index (Phi) is 7.77. The van der Waals surface area contributed by atoms with Crippen LogP contribution in [0, 0.1) is 0 Å². The van der Waals surface area contributed by atoms with Crippen LogP contribution in [-0.2, 0) is 4.74 Å². The maximum absolute atomic E-state index is 5.27. The van der Waals surface area contributed by atoms with Gasteiger partial charge in [-0.05, 0) is 26.4 Å². The van der Waals surface area contributed by atoms with Gasteiger partial charge in [-0.15, -0.1) is 0 Å². The topological polar surface area (TPSA) is 47.3 Å². The maximum Gasteiger partial charge on any atom is 0.0962 e. The Labute approximate surface area is 56.6 Å². The Balaban J connectivity index is 2.60. The predicted octanol–water partition coefficient (Wildman–Crippen LogP) is -0.0812. The minimum absolute atomic E-state index is 0.643. The van der Waals surface area contributed by atoms with Crippen LogP contribution in [0.15, 0.2) is 0 Å². The van der Waals surface area contributed by atoms with Gasteiger partial charge in [-0.1, -0.05) is 0 Å². The van der Waals surface area contributed by atoms with E-state index in [4.69, 9.17) is 10.5 Å². The molecule has 0 atom stereocenters. The van der Waals surface area contributed by atoms with Crippen molar-refractivity contribution in [2.24, 2.45) is 5.73 Å². The van der Waals surface area contributed by atoms with Crippen molar-refractivity contribution in [1.29, 1.82) is 0 Å². The lowest BCUT2D eigenvalue weighted by atomic mass is 10.3. The molecule has 0 amide bonds. The van der Waals surface area contributed by atoms with Crippen molar-refractivity contribution in [3.63, 3.8) is 0 Å². The highest BCUT2D eigenvalue weighted by Gasteiger charge is 1.84. The van der Waals surface area contributed by atoms with E-state index in [1.165, 1.54) is 0 Å². The Morgan fingerprint density at radius 3 is 2.78 bits per heavy atom. The first kappa shape index (κ1) is 8.88. The van der Waals surface area contributed by atoms with Gasteiger partial charge in [-0.25, -0.2) is 0 Å². The summed E-state index contributed by atoms with van der Waals surface area (Å²) in [4.78, 5) is 0. The van der Waals surface area contributed by atoms with Crippen LogP contribution in [0.1, 0.15) is 12.8 Å². The van der Waals surface area contributed by atoms with Crippen LogP contribution in [0.5, 0.6) is 0 Å². The van der Waals surface area contributed by atoms with Crippen LogP contribution in [0.3, 0.4) is 0 Å². The molecule has 0 rings (SSSR count). The van der Waals surface area contributed by atoms with E-state index in [0.717, 1.165) is 26.0 Å². The molecule has 0 heterocycles. The summed E-state index contributed by atoms with van der Waals surface area (Å²) in [7, 11) is 1.86. The van der Waals surface area contributed by atoms with E-state index in [1.54, 1.807) is 0 Å². The Morgan fingerprint density at radius 2 is 2.22 bits per heavy atom. The number of ether oxygens (including phenoxy) is 1. The number of unbranched alkanes of at least 4 members (excludes halogenated alkanes) is 1. The van der Waals surface area contributed by atoms with Gasteiger partial charge in [-0.2, -0.15) is 0 Å². The van der Waals surface area contributed by atoms with Crippen molar-refractivity contribution >= 4 is 0 Å². The van der Waals surface area contributed by atoms with Gasteiger partial charge in [0.25, 0.3) is 0 Å². The van der Waals surface area contributed by atoms with E-state index >= 15 is 0 Å². The number of hydrogen-bond acceptors (Lipinski definition) is 3. The van der Waals surface area contributed by atoms with Gasteiger partial charge < -0.3 is 10.5 Å². The zero-order valence-electron chi connectivity index (χ0n) is 6.02. The lowest BCUT2D eigenvalue weighted by molar-refractivity contribution is 0.119. The number of hydrogen-bond donors (Lipinski definition) is 2. The fourth-order valence-electron chi connectivity index (χ4n) is 0.523. The van der Waals surface area contributed by atoms with E-state index in [1.807, 2.05) is 7.05 Å². The monoisotopic (exact) mass is 132 g/mol. The summed E-state index contributed by atoms with van der Waals surface area (Å²) in [6, 6.07) is 0. The van der Waals surface area contributed by atoms with E-state index < -0.39 is 0 Å². The highest BCUT2D eigenvalue weighted by molar-refractivity contribution is 4.37. The molecule has 0 aromatic rings. The molecular weight excluding hydrogens is 116 g/mol. The molecule has 0 aliphatic carbocycles. The zero-order valence-corrected chi connectivity index (χ0v) is 6.02. The zero-order chi connectivity index (χ0) is 6.95. The van der Waals surface area contributed by atoms with E-state index in [2.05, 4.69) is 5.32 Å². The Morgan fingerprint density at radius 1 is 1.44 bits per heavy atom. The molecule has 0 aromatic carbocycles. The number of nitrogens with one attached hydrogen (secondary N) is 1. The lowest BCUT2D eigenvalue weighted by Crippen LogP contribution is -2.12. The van der Waals surface area contributed by atoms with Crippen LogP contribution in [-0.4, -0.2) is 26.9 Å². The largest absolute Gasteiger partial charge is 0.366 e. The van der Waals surface area contributed by atoms with Gasteiger partial charge >= 0.3 is 0 Å². The van der Waals surface area contributed by atoms with Crippen molar-refractivity contribution in [3.8, 4) is 0 Å². The van der Waals surface area contributed by atoms with Crippen LogP contribution in [0.2, 0.25) is 0 Å². The van der Waals surface area contributed by atoms with Crippen LogP contribution in [0.25, 0.3) is 0 Å². The third kappa shape index (κ3) is 7.88. The molecule has 9 heavy (non-hydrogen) atoms. The maximum atomic E-state index is 5.27. The smallest absolute Gasteiger partial charge is 0.0962 e. The normalized spacial score (nSPS) is 10.0. The summed E-state index contributed by atoms with van der Waals surface area (Å²) in [6.45, 7) is 2.23. The molecule has 0 fully saturated rings. The number of nitrogens with two attached hydrogens (primary N) is 1. The molecule has 3 N–H and O–H groups in total. The molecule has 3 nitrogen and oxygen atoms in total. The lowest BCUT2D eigenvalue weighted by Gasteiger charge is -2.00. The van der Waals surface area contributed by atoms with Gasteiger partial charge in [0.15, 0.2) is 0 Å². The fourth-order valence-corrected chi connectivity index (χ4v) is 0.523. The second kappa shape index (κ2) is 7.88. The molecule has 0 bridgehead atoms. The van der Waals surface area contributed by atoms with Gasteiger partial charge in [0.05, 0.1) is 6.73 Å². The molecule has 0 spiro atoms. The third-order valence-corrected chi connectivity index (χ3v) is 0.989. The predicted molar refractivity (Wildman–Crippen MR) is 38.2 cm³/mol. The molecule has 0 radical (unpaired) electrons. The van der Waals surface area contributed by atoms with Crippen molar-refractivity contribution < 1.29 is 4.74 Å². The summed E-state index contributed by atoms with van der Waals surface area (Å²) in [6.07, 6.45) is 2.13. The quantitative estimate of drug-likeness (QED) is 0.392. The first-order valence-corrected chi connectivity index (χ1v) is 3.34. The first-order chi connectivity index (χ1) is 4.41. The standard InChI is InChI=1S/C6H16N2O/c1-8-6-9-5-3-2-4-7/h8H,2-7H2,1H3. The number of rotatable bonds is 6. The fraction of sp³-hybridized carbons (Fsp3) is 1.00. The molecule has 0 unspecified atom stereocenters. The molecule has 0 aromatic heterocycles. The van der Waals surface area contributed by atoms with Crippen molar-refractivity contribution in [2.45, 2.75) is 12.8 Å². The Hall–Kier alpha value is -0.120. The second-order valence-corrected chi connectivity index (χ2v) is 1.90. The molecular formula is C6H16N2O. The highest BCUT2D eigenvalue weighted by atomic mass is 16.5. The van der Waals surface area contributed by atoms with Crippen LogP contribution in [0.4, 0.5) is 0 Å². The van der Waals surface area contributed by atoms with Gasteiger partial charge in [0.1, 0.15) is 0 Å². The van der Waals surface area contributed by atoms with Gasteiger partial charge in [-0.3, -0.25) is 5.32 Å². The van der Waals surface area contributed by atoms with Crippen LogP contribution >= 0.6 is 0 Å². The van der Waals surface area contributed by atoms with Gasteiger partial charge in [0.2, 0.25) is 0 Å². The molecule has 0 saturated carbocycles. The highest BCUT2D eigenvalue weighted by Crippen LogP contribution is 1.85. The average molecular weight is 132 g/mol. The van der Waals surface area contributed by atoms with Gasteiger partial charge in [0, 0.05) is 6.61 Å².